The number of carbonyl (C=O) groups is 2. The van der Waals surface area contributed by atoms with E-state index in [1.165, 1.54) is 24.3 Å². The molecule has 1 aliphatic carbocycles. The summed E-state index contributed by atoms with van der Waals surface area (Å²) in [7, 11) is 1.60. The van der Waals surface area contributed by atoms with Gasteiger partial charge in [0.1, 0.15) is 5.82 Å². The van der Waals surface area contributed by atoms with Gasteiger partial charge in [0.25, 0.3) is 0 Å². The van der Waals surface area contributed by atoms with E-state index >= 15 is 4.39 Å². The van der Waals surface area contributed by atoms with E-state index in [4.69, 9.17) is 4.74 Å². The zero-order chi connectivity index (χ0) is 22.3. The Bertz CT molecular complexity index is 725. The van der Waals surface area contributed by atoms with Gasteiger partial charge >= 0.3 is 0 Å². The van der Waals surface area contributed by atoms with Crippen molar-refractivity contribution >= 4 is 11.7 Å². The molecule has 1 saturated heterocycles. The summed E-state index contributed by atoms with van der Waals surface area (Å²) >= 11 is 0. The molecule has 1 heterocycles. The molecule has 1 aliphatic heterocycles. The number of alkyl halides is 1. The third kappa shape index (κ3) is 6.81. The van der Waals surface area contributed by atoms with Crippen LogP contribution in [0.2, 0.25) is 0 Å². The van der Waals surface area contributed by atoms with Crippen molar-refractivity contribution in [2.45, 2.75) is 63.1 Å². The molecule has 172 valence electrons. The largest absolute Gasteiger partial charge is 0.384 e. The topological polar surface area (TPSA) is 58.6 Å². The first-order chi connectivity index (χ1) is 14.9. The fraction of sp³-hybridized carbons (Fsp3) is 0.667. The van der Waals surface area contributed by atoms with Crippen molar-refractivity contribution in [2.75, 3.05) is 33.4 Å². The lowest BCUT2D eigenvalue weighted by molar-refractivity contribution is -0.122. The van der Waals surface area contributed by atoms with Gasteiger partial charge < -0.3 is 15.0 Å². The molecule has 7 heteroatoms. The summed E-state index contributed by atoms with van der Waals surface area (Å²) in [5.41, 5.74) is -1.61. The molecule has 0 bridgehead atoms. The lowest BCUT2D eigenvalue weighted by Crippen LogP contribution is -2.47. The quantitative estimate of drug-likeness (QED) is 0.597. The summed E-state index contributed by atoms with van der Waals surface area (Å²) in [5, 5.41) is 3.09. The number of ether oxygens (including phenoxy) is 1. The highest BCUT2D eigenvalue weighted by atomic mass is 19.1. The smallest absolute Gasteiger partial charge is 0.222 e. The molecule has 2 fully saturated rings. The molecule has 1 aromatic rings. The minimum absolute atomic E-state index is 0.0588. The van der Waals surface area contributed by atoms with E-state index in [0.29, 0.717) is 32.0 Å². The summed E-state index contributed by atoms with van der Waals surface area (Å²) in [5.74, 6) is -0.270. The zero-order valence-corrected chi connectivity index (χ0v) is 18.4. The Kier molecular flexibility index (Phi) is 8.55. The average molecular weight is 437 g/mol. The van der Waals surface area contributed by atoms with E-state index < -0.39 is 17.3 Å². The van der Waals surface area contributed by atoms with Crippen LogP contribution in [0.5, 0.6) is 0 Å². The van der Waals surface area contributed by atoms with Crippen LogP contribution < -0.4 is 5.32 Å². The number of likely N-dealkylation sites (tertiary alicyclic amines) is 1. The molecule has 31 heavy (non-hydrogen) atoms. The molecule has 1 saturated carbocycles. The maximum atomic E-state index is 15.2. The van der Waals surface area contributed by atoms with Crippen molar-refractivity contribution in [1.29, 1.82) is 0 Å². The van der Waals surface area contributed by atoms with Gasteiger partial charge in [0.2, 0.25) is 5.91 Å². The van der Waals surface area contributed by atoms with Crippen LogP contribution in [0.25, 0.3) is 0 Å². The Morgan fingerprint density at radius 1 is 1.13 bits per heavy atom. The van der Waals surface area contributed by atoms with Gasteiger partial charge in [-0.25, -0.2) is 8.78 Å². The molecule has 1 aromatic carbocycles. The van der Waals surface area contributed by atoms with Crippen LogP contribution in [-0.2, 0) is 9.53 Å². The Hall–Kier alpha value is -1.86. The number of benzene rings is 1. The molecule has 3 rings (SSSR count). The molecule has 1 N–H and O–H groups in total. The molecular formula is C24H34F2N2O3. The van der Waals surface area contributed by atoms with Crippen molar-refractivity contribution in [3.63, 3.8) is 0 Å². The van der Waals surface area contributed by atoms with Gasteiger partial charge in [0.05, 0.1) is 6.61 Å². The summed E-state index contributed by atoms with van der Waals surface area (Å²) < 4.78 is 33.2. The fourth-order valence-corrected chi connectivity index (χ4v) is 4.67. The lowest BCUT2D eigenvalue weighted by atomic mass is 9.83. The number of rotatable bonds is 9. The van der Waals surface area contributed by atoms with E-state index in [1.807, 2.05) is 0 Å². The van der Waals surface area contributed by atoms with E-state index in [0.717, 1.165) is 38.6 Å². The molecule has 0 spiro atoms. The number of hydrogen-bond acceptors (Lipinski definition) is 4. The van der Waals surface area contributed by atoms with E-state index in [-0.39, 0.29) is 30.4 Å². The van der Waals surface area contributed by atoms with E-state index in [1.54, 1.807) is 7.11 Å². The van der Waals surface area contributed by atoms with Gasteiger partial charge in [0, 0.05) is 51.1 Å². The van der Waals surface area contributed by atoms with Gasteiger partial charge in [-0.15, -0.1) is 0 Å². The van der Waals surface area contributed by atoms with Crippen molar-refractivity contribution in [3.8, 4) is 0 Å². The van der Waals surface area contributed by atoms with E-state index in [2.05, 4.69) is 10.2 Å². The van der Waals surface area contributed by atoms with Crippen LogP contribution in [0, 0.1) is 11.7 Å². The number of methoxy groups -OCH3 is 1. The fourth-order valence-electron chi connectivity index (χ4n) is 4.67. The first-order valence-electron chi connectivity index (χ1n) is 11.4. The second-order valence-electron chi connectivity index (χ2n) is 8.96. The average Bonchev–Trinajstić information content (AvgIpc) is 2.78. The highest BCUT2D eigenvalue weighted by Gasteiger charge is 2.42. The number of nitrogens with zero attached hydrogens (tertiary/aromatic N) is 1. The van der Waals surface area contributed by atoms with Crippen molar-refractivity contribution in [3.05, 3.63) is 35.6 Å². The summed E-state index contributed by atoms with van der Waals surface area (Å²) in [6, 6.07) is 5.39. The number of halogens is 2. The van der Waals surface area contributed by atoms with Crippen molar-refractivity contribution < 1.29 is 23.1 Å². The van der Waals surface area contributed by atoms with Crippen molar-refractivity contribution in [2.24, 2.45) is 5.92 Å². The van der Waals surface area contributed by atoms with Crippen molar-refractivity contribution in [1.82, 2.24) is 10.2 Å². The Morgan fingerprint density at radius 2 is 1.77 bits per heavy atom. The normalized spacial score (nSPS) is 24.0. The SMILES string of the molecule is COCCC(=O)NC1CCC(CCN2CCC(F)(C(=O)c3ccc(F)cc3)CC2)CC1. The maximum Gasteiger partial charge on any atom is 0.222 e. The minimum atomic E-state index is -1.85. The second-order valence-corrected chi connectivity index (χ2v) is 8.96. The highest BCUT2D eigenvalue weighted by molar-refractivity contribution is 6.02. The molecular weight excluding hydrogens is 402 g/mol. The Labute approximate surface area is 183 Å². The van der Waals surface area contributed by atoms with Crippen LogP contribution >= 0.6 is 0 Å². The summed E-state index contributed by atoms with van der Waals surface area (Å²) in [6.45, 7) is 2.49. The highest BCUT2D eigenvalue weighted by Crippen LogP contribution is 2.32. The minimum Gasteiger partial charge on any atom is -0.384 e. The molecule has 1 amide bonds. The van der Waals surface area contributed by atoms with Crippen LogP contribution in [0.1, 0.15) is 61.7 Å². The van der Waals surface area contributed by atoms with Gasteiger partial charge in [-0.2, -0.15) is 0 Å². The van der Waals surface area contributed by atoms with Crippen LogP contribution in [-0.4, -0.2) is 61.7 Å². The first kappa shape index (κ1) is 23.8. The third-order valence-electron chi connectivity index (χ3n) is 6.76. The number of ketones is 1. The van der Waals surface area contributed by atoms with Gasteiger partial charge in [-0.3, -0.25) is 9.59 Å². The maximum absolute atomic E-state index is 15.2. The van der Waals surface area contributed by atoms with Crippen LogP contribution in [0.15, 0.2) is 24.3 Å². The third-order valence-corrected chi connectivity index (χ3v) is 6.76. The molecule has 2 aliphatic rings. The van der Waals surface area contributed by atoms with E-state index in [9.17, 15) is 14.0 Å². The predicted octanol–water partition coefficient (Wildman–Crippen LogP) is 3.91. The van der Waals surface area contributed by atoms with Gasteiger partial charge in [0.15, 0.2) is 11.5 Å². The monoisotopic (exact) mass is 436 g/mol. The number of nitrogens with one attached hydrogen (secondary N) is 1. The number of amides is 1. The Morgan fingerprint density at radius 3 is 2.39 bits per heavy atom. The first-order valence-corrected chi connectivity index (χ1v) is 11.4. The number of hydrogen-bond donors (Lipinski definition) is 1. The van der Waals surface area contributed by atoms with Gasteiger partial charge in [-0.1, -0.05) is 0 Å². The predicted molar refractivity (Wildman–Crippen MR) is 115 cm³/mol. The summed E-state index contributed by atoms with van der Waals surface area (Å²) in [4.78, 5) is 26.6. The molecule has 0 unspecified atom stereocenters. The molecule has 0 aromatic heterocycles. The lowest BCUT2D eigenvalue weighted by Gasteiger charge is -2.36. The Balaban J connectivity index is 1.36. The number of carbonyl (C=O) groups excluding carboxylic acids is 2. The second kappa shape index (κ2) is 11.1. The van der Waals surface area contributed by atoms with Crippen LogP contribution in [0.3, 0.4) is 0 Å². The zero-order valence-electron chi connectivity index (χ0n) is 18.4. The molecule has 0 atom stereocenters. The number of piperidine rings is 1. The van der Waals surface area contributed by atoms with Gasteiger partial charge in [-0.05, 0) is 68.8 Å². The molecule has 5 nitrogen and oxygen atoms in total. The van der Waals surface area contributed by atoms with Crippen LogP contribution in [0.4, 0.5) is 8.78 Å². The number of Topliss-reactive ketones (excluding diaryl/α,β-unsaturated/α-hetero) is 1. The summed E-state index contributed by atoms with van der Waals surface area (Å²) in [6.07, 6.45) is 6.04. The molecule has 0 radical (unpaired) electrons. The standard InChI is InChI=1S/C24H34F2N2O3/c1-31-17-11-22(29)27-21-8-2-18(3-9-21)10-14-28-15-12-24(26,13-16-28)23(30)19-4-6-20(25)7-5-19/h4-7,18,21H,2-3,8-17H2,1H3,(H,27,29).